The van der Waals surface area contributed by atoms with E-state index in [1.807, 2.05) is 67.6 Å². The minimum Gasteiger partial charge on any atom is -0.274 e. The summed E-state index contributed by atoms with van der Waals surface area (Å²) in [5, 5.41) is -0.318. The molecule has 0 N–H and O–H groups in total. The van der Waals surface area contributed by atoms with E-state index in [0.29, 0.717) is 0 Å². The predicted octanol–water partition coefficient (Wildman–Crippen LogP) is 3.67. The highest BCUT2D eigenvalue weighted by atomic mass is 32.2. The highest BCUT2D eigenvalue weighted by molar-refractivity contribution is 8.00. The zero-order chi connectivity index (χ0) is 15.5. The molecule has 3 rings (SSSR count). The first-order valence-electron chi connectivity index (χ1n) is 7.29. The van der Waals surface area contributed by atoms with Crippen LogP contribution in [0.3, 0.4) is 0 Å². The lowest BCUT2D eigenvalue weighted by Gasteiger charge is -2.23. The molecule has 112 valence electrons. The van der Waals surface area contributed by atoms with Crippen LogP contribution < -0.4 is 0 Å². The summed E-state index contributed by atoms with van der Waals surface area (Å²) in [6.45, 7) is 1.90. The molecule has 1 aliphatic heterocycles. The normalized spacial score (nSPS) is 19.5. The molecule has 3 nitrogen and oxygen atoms in total. The van der Waals surface area contributed by atoms with E-state index in [1.165, 1.54) is 16.7 Å². The van der Waals surface area contributed by atoms with E-state index in [-0.39, 0.29) is 29.5 Å². The molecule has 4 heteroatoms. The van der Waals surface area contributed by atoms with Crippen molar-refractivity contribution in [2.75, 3.05) is 0 Å². The van der Waals surface area contributed by atoms with Crippen molar-refractivity contribution in [3.63, 3.8) is 0 Å². The van der Waals surface area contributed by atoms with Gasteiger partial charge in [-0.2, -0.15) is 0 Å². The Morgan fingerprint density at radius 3 is 2.23 bits per heavy atom. The number of hydrogen-bond donors (Lipinski definition) is 0. The van der Waals surface area contributed by atoms with Gasteiger partial charge in [0.1, 0.15) is 0 Å². The Morgan fingerprint density at radius 2 is 1.59 bits per heavy atom. The number of rotatable bonds is 4. The summed E-state index contributed by atoms with van der Waals surface area (Å²) in [4.78, 5) is 27.3. The van der Waals surface area contributed by atoms with Gasteiger partial charge in [-0.15, -0.1) is 11.8 Å². The van der Waals surface area contributed by atoms with Crippen molar-refractivity contribution in [1.82, 2.24) is 4.90 Å². The lowest BCUT2D eigenvalue weighted by atomic mass is 10.1. The van der Waals surface area contributed by atoms with Crippen molar-refractivity contribution in [2.24, 2.45) is 0 Å². The molecule has 1 aliphatic rings. The molecule has 1 unspecified atom stereocenters. The monoisotopic (exact) mass is 311 g/mol. The van der Waals surface area contributed by atoms with E-state index < -0.39 is 0 Å². The summed E-state index contributed by atoms with van der Waals surface area (Å²) in [6, 6.07) is 19.2. The van der Waals surface area contributed by atoms with E-state index in [9.17, 15) is 9.59 Å². The third-order valence-electron chi connectivity index (χ3n) is 3.83. The second-order valence-corrected chi connectivity index (χ2v) is 6.59. The molecular weight excluding hydrogens is 294 g/mol. The van der Waals surface area contributed by atoms with Crippen molar-refractivity contribution in [3.8, 4) is 0 Å². The minimum absolute atomic E-state index is 0.0878. The molecule has 2 atom stereocenters. The summed E-state index contributed by atoms with van der Waals surface area (Å²) in [5.41, 5.74) is 0.981. The molecule has 0 bridgehead atoms. The maximum absolute atomic E-state index is 12.6. The smallest absolute Gasteiger partial charge is 0.243 e. The number of hydrogen-bond acceptors (Lipinski definition) is 3. The quantitative estimate of drug-likeness (QED) is 0.809. The summed E-state index contributed by atoms with van der Waals surface area (Å²) in [7, 11) is 0. The third-order valence-corrected chi connectivity index (χ3v) is 5.03. The predicted molar refractivity (Wildman–Crippen MR) is 87.4 cm³/mol. The zero-order valence-corrected chi connectivity index (χ0v) is 13.1. The average molecular weight is 311 g/mol. The Bertz CT molecular complexity index is 672. The van der Waals surface area contributed by atoms with Gasteiger partial charge in [0.15, 0.2) is 0 Å². The van der Waals surface area contributed by atoms with E-state index in [4.69, 9.17) is 0 Å². The summed E-state index contributed by atoms with van der Waals surface area (Å²) in [6.07, 6.45) is 0.273. The van der Waals surface area contributed by atoms with Crippen LogP contribution in [-0.2, 0) is 9.59 Å². The van der Waals surface area contributed by atoms with Gasteiger partial charge in [0.05, 0.1) is 11.3 Å². The first-order valence-corrected chi connectivity index (χ1v) is 8.17. The minimum atomic E-state index is -0.318. The molecule has 1 fully saturated rings. The topological polar surface area (TPSA) is 37.4 Å². The number of nitrogens with zero attached hydrogens (tertiary/aromatic N) is 1. The van der Waals surface area contributed by atoms with Crippen LogP contribution in [0.4, 0.5) is 0 Å². The van der Waals surface area contributed by atoms with Gasteiger partial charge in [-0.25, -0.2) is 0 Å². The molecule has 1 heterocycles. The van der Waals surface area contributed by atoms with E-state index in [0.717, 1.165) is 10.5 Å². The summed E-state index contributed by atoms with van der Waals surface area (Å²) >= 11 is 1.47. The van der Waals surface area contributed by atoms with Crippen LogP contribution in [0, 0.1) is 0 Å². The molecule has 1 saturated heterocycles. The second-order valence-electron chi connectivity index (χ2n) is 5.31. The highest BCUT2D eigenvalue weighted by Crippen LogP contribution is 2.35. The van der Waals surface area contributed by atoms with Gasteiger partial charge in [0.2, 0.25) is 11.8 Å². The summed E-state index contributed by atoms with van der Waals surface area (Å²) < 4.78 is 0. The van der Waals surface area contributed by atoms with Gasteiger partial charge in [0, 0.05) is 11.3 Å². The number of thioether (sulfide) groups is 1. The Labute approximate surface area is 134 Å². The van der Waals surface area contributed by atoms with Crippen LogP contribution in [0.2, 0.25) is 0 Å². The van der Waals surface area contributed by atoms with Crippen LogP contribution in [0.1, 0.15) is 24.9 Å². The fourth-order valence-electron chi connectivity index (χ4n) is 2.67. The van der Waals surface area contributed by atoms with Crippen LogP contribution in [0.25, 0.3) is 0 Å². The first kappa shape index (κ1) is 14.9. The number of amides is 2. The molecule has 22 heavy (non-hydrogen) atoms. The Balaban J connectivity index is 1.77. The number of benzene rings is 2. The molecule has 2 aromatic rings. The van der Waals surface area contributed by atoms with Crippen molar-refractivity contribution >= 4 is 23.6 Å². The van der Waals surface area contributed by atoms with Gasteiger partial charge < -0.3 is 0 Å². The molecule has 0 aliphatic carbocycles. The van der Waals surface area contributed by atoms with Crippen LogP contribution >= 0.6 is 11.8 Å². The third kappa shape index (κ3) is 2.92. The fraction of sp³-hybridized carbons (Fsp3) is 0.222. The Hall–Kier alpha value is -2.07. The van der Waals surface area contributed by atoms with Crippen molar-refractivity contribution in [1.29, 1.82) is 0 Å². The number of imide groups is 1. The maximum Gasteiger partial charge on any atom is 0.243 e. The SMILES string of the molecule is C[C@@H](c1ccccc1)N1C(=O)CC(Sc2ccccc2)C1=O. The summed E-state index contributed by atoms with van der Waals surface area (Å²) in [5.74, 6) is -0.176. The fourth-order valence-corrected chi connectivity index (χ4v) is 3.75. The largest absolute Gasteiger partial charge is 0.274 e. The molecule has 0 saturated carbocycles. The molecule has 2 amide bonds. The second kappa shape index (κ2) is 6.36. The lowest BCUT2D eigenvalue weighted by Crippen LogP contribution is -2.33. The first-order chi connectivity index (χ1) is 10.7. The zero-order valence-electron chi connectivity index (χ0n) is 12.3. The molecule has 0 spiro atoms. The van der Waals surface area contributed by atoms with Crippen molar-refractivity contribution < 1.29 is 9.59 Å². The Kier molecular flexibility index (Phi) is 4.29. The van der Waals surface area contributed by atoms with Gasteiger partial charge in [-0.3, -0.25) is 14.5 Å². The number of carbonyl (C=O) groups is 2. The molecule has 0 radical (unpaired) electrons. The van der Waals surface area contributed by atoms with Gasteiger partial charge in [0.25, 0.3) is 0 Å². The van der Waals surface area contributed by atoms with Gasteiger partial charge in [-0.05, 0) is 24.6 Å². The molecular formula is C18H17NO2S. The molecule has 0 aromatic heterocycles. The van der Waals surface area contributed by atoms with Gasteiger partial charge in [-0.1, -0.05) is 48.5 Å². The highest BCUT2D eigenvalue weighted by Gasteiger charge is 2.41. The van der Waals surface area contributed by atoms with Gasteiger partial charge >= 0.3 is 0 Å². The van der Waals surface area contributed by atoms with Crippen LogP contribution in [0.15, 0.2) is 65.6 Å². The maximum atomic E-state index is 12.6. The van der Waals surface area contributed by atoms with Crippen LogP contribution in [0.5, 0.6) is 0 Å². The van der Waals surface area contributed by atoms with E-state index in [2.05, 4.69) is 0 Å². The number of carbonyl (C=O) groups excluding carboxylic acids is 2. The average Bonchev–Trinajstić information content (AvgIpc) is 2.82. The van der Waals surface area contributed by atoms with E-state index in [1.54, 1.807) is 0 Å². The van der Waals surface area contributed by atoms with Crippen LogP contribution in [-0.4, -0.2) is 22.0 Å². The van der Waals surface area contributed by atoms with E-state index >= 15 is 0 Å². The standard InChI is InChI=1S/C18H17NO2S/c1-13(14-8-4-2-5-9-14)19-17(20)12-16(18(19)21)22-15-10-6-3-7-11-15/h2-11,13,16H,12H2,1H3/t13-,16?/m0/s1. The van der Waals surface area contributed by atoms with Crippen molar-refractivity contribution in [2.45, 2.75) is 29.5 Å². The number of likely N-dealkylation sites (tertiary alicyclic amines) is 1. The Morgan fingerprint density at radius 1 is 1.00 bits per heavy atom. The van der Waals surface area contributed by atoms with Crippen molar-refractivity contribution in [3.05, 3.63) is 66.2 Å². The lowest BCUT2D eigenvalue weighted by molar-refractivity contribution is -0.140. The molecule has 2 aromatic carbocycles.